The van der Waals surface area contributed by atoms with Gasteiger partial charge in [0.1, 0.15) is 19.3 Å². The standard InChI is InChI=1S/C69H127N2O7P/c1-7-10-13-16-19-22-25-28-30-31-32-33-34-35-36-37-38-39-41-44-47-50-53-56-59-62-69(73)78-67(60-57-54-51-48-45-42-27-24-21-18-15-12-9-3)66(65-77-79(74,75)76-64-63-71(4,5)6)70-68(72)61-58-55-52-49-46-43-40-29-26-23-20-17-14-11-8-2/h19,22-23,26,28,30,32-33,35-36,57,60,66-67H,7-18,20-21,24-25,27,29,31,34,37-56,58-59,61-65H2,1-6H3,(H-,70,72,74,75)/p+1/b22-19-,26-23-,30-28-,33-32-,36-35-,60-57-. The van der Waals surface area contributed by atoms with E-state index < -0.39 is 20.0 Å². The van der Waals surface area contributed by atoms with Gasteiger partial charge in [-0.25, -0.2) is 4.57 Å². The number of hydrogen-bond acceptors (Lipinski definition) is 6. The number of nitrogens with zero attached hydrogens (tertiary/aromatic N) is 1. The van der Waals surface area contributed by atoms with Gasteiger partial charge in [-0.15, -0.1) is 0 Å². The lowest BCUT2D eigenvalue weighted by Crippen LogP contribution is -2.47. The molecule has 1 amide bonds. The van der Waals surface area contributed by atoms with Crippen molar-refractivity contribution in [2.24, 2.45) is 0 Å². The van der Waals surface area contributed by atoms with Crippen LogP contribution in [0.25, 0.3) is 0 Å². The smallest absolute Gasteiger partial charge is 0.456 e. The number of hydrogen-bond donors (Lipinski definition) is 2. The Morgan fingerprint density at radius 3 is 1.20 bits per heavy atom. The molecule has 3 atom stereocenters. The van der Waals surface area contributed by atoms with E-state index in [1.165, 1.54) is 167 Å². The van der Waals surface area contributed by atoms with Crippen molar-refractivity contribution in [1.29, 1.82) is 0 Å². The third-order valence-corrected chi connectivity index (χ3v) is 15.6. The molecule has 0 aliphatic rings. The molecule has 0 aromatic heterocycles. The lowest BCUT2D eigenvalue weighted by Gasteiger charge is -2.27. The Morgan fingerprint density at radius 1 is 0.443 bits per heavy atom. The van der Waals surface area contributed by atoms with Crippen molar-refractivity contribution in [3.05, 3.63) is 72.9 Å². The number of carbonyl (C=O) groups is 2. The van der Waals surface area contributed by atoms with Crippen molar-refractivity contribution in [3.8, 4) is 0 Å². The topological polar surface area (TPSA) is 111 Å². The molecule has 0 saturated carbocycles. The van der Waals surface area contributed by atoms with Crippen LogP contribution in [0.2, 0.25) is 0 Å². The molecule has 0 aromatic carbocycles. The van der Waals surface area contributed by atoms with Crippen LogP contribution in [-0.2, 0) is 27.9 Å². The largest absolute Gasteiger partial charge is 0.472 e. The molecule has 0 radical (unpaired) electrons. The number of esters is 1. The summed E-state index contributed by atoms with van der Waals surface area (Å²) >= 11 is 0. The third-order valence-electron chi connectivity index (χ3n) is 14.6. The molecule has 3 unspecified atom stereocenters. The number of phosphoric ester groups is 1. The summed E-state index contributed by atoms with van der Waals surface area (Å²) in [6.45, 7) is 6.99. The molecule has 0 rings (SSSR count). The van der Waals surface area contributed by atoms with E-state index in [2.05, 4.69) is 86.8 Å². The third kappa shape index (κ3) is 59.9. The van der Waals surface area contributed by atoms with Crippen LogP contribution in [0.4, 0.5) is 0 Å². The molecule has 2 N–H and O–H groups in total. The van der Waals surface area contributed by atoms with Crippen LogP contribution in [0, 0.1) is 0 Å². The molecule has 0 saturated heterocycles. The molecule has 79 heavy (non-hydrogen) atoms. The SMILES string of the molecule is CCCCC/C=C\C/C=C\C/C=C\C/C=C\CCCCCCCCCCCC(=O)OC(/C=C\CCCCCCCCCCCCC)C(COP(=O)(O)OCC[N+](C)(C)C)NC(=O)CCCCCCCCC/C=C\CCCCCC. The molecule has 9 nitrogen and oxygen atoms in total. The number of ether oxygens (including phenoxy) is 1. The molecule has 0 heterocycles. The molecule has 0 spiro atoms. The fourth-order valence-corrected chi connectivity index (χ4v) is 10.2. The van der Waals surface area contributed by atoms with Gasteiger partial charge >= 0.3 is 13.8 Å². The summed E-state index contributed by atoms with van der Waals surface area (Å²) in [7, 11) is 1.49. The van der Waals surface area contributed by atoms with Crippen LogP contribution >= 0.6 is 7.82 Å². The second-order valence-electron chi connectivity index (χ2n) is 23.6. The van der Waals surface area contributed by atoms with E-state index in [0.29, 0.717) is 17.4 Å². The van der Waals surface area contributed by atoms with E-state index >= 15 is 0 Å². The van der Waals surface area contributed by atoms with Gasteiger partial charge in [0.2, 0.25) is 5.91 Å². The van der Waals surface area contributed by atoms with Gasteiger partial charge in [0, 0.05) is 12.8 Å². The molecule has 460 valence electrons. The fraction of sp³-hybridized carbons (Fsp3) is 0.797. The van der Waals surface area contributed by atoms with Gasteiger partial charge in [-0.1, -0.05) is 261 Å². The first-order chi connectivity index (χ1) is 38.4. The lowest BCUT2D eigenvalue weighted by atomic mass is 10.0. The Balaban J connectivity index is 5.17. The van der Waals surface area contributed by atoms with Crippen LogP contribution in [0.15, 0.2) is 72.9 Å². The summed E-state index contributed by atoms with van der Waals surface area (Å²) < 4.78 is 30.8. The van der Waals surface area contributed by atoms with Crippen molar-refractivity contribution in [2.75, 3.05) is 40.9 Å². The maximum Gasteiger partial charge on any atom is 0.472 e. The molecule has 10 heteroatoms. The fourth-order valence-electron chi connectivity index (χ4n) is 9.45. The number of nitrogens with one attached hydrogen (secondary N) is 1. The number of quaternary nitrogens is 1. The normalized spacial score (nSPS) is 14.1. The van der Waals surface area contributed by atoms with Crippen LogP contribution in [-0.4, -0.2) is 74.3 Å². The summed E-state index contributed by atoms with van der Waals surface area (Å²) in [5.74, 6) is -0.511. The Hall–Kier alpha value is -2.55. The number of allylic oxidation sites excluding steroid dienone is 11. The highest BCUT2D eigenvalue weighted by atomic mass is 31.2. The highest BCUT2D eigenvalue weighted by molar-refractivity contribution is 7.47. The van der Waals surface area contributed by atoms with Crippen LogP contribution < -0.4 is 5.32 Å². The summed E-state index contributed by atoms with van der Waals surface area (Å²) in [4.78, 5) is 37.8. The van der Waals surface area contributed by atoms with E-state index in [4.69, 9.17) is 13.8 Å². The Bertz CT molecular complexity index is 1580. The highest BCUT2D eigenvalue weighted by Gasteiger charge is 2.30. The van der Waals surface area contributed by atoms with E-state index in [1.54, 1.807) is 0 Å². The molecule has 0 aliphatic heterocycles. The summed E-state index contributed by atoms with van der Waals surface area (Å²) in [5, 5.41) is 3.06. The zero-order chi connectivity index (χ0) is 57.9. The van der Waals surface area contributed by atoms with Crippen LogP contribution in [0.3, 0.4) is 0 Å². The minimum atomic E-state index is -4.45. The number of unbranched alkanes of at least 4 members (excludes halogenated alkanes) is 34. The quantitative estimate of drug-likeness (QED) is 0.0205. The van der Waals surface area contributed by atoms with E-state index in [1.807, 2.05) is 33.3 Å². The van der Waals surface area contributed by atoms with Crippen molar-refractivity contribution >= 4 is 19.7 Å². The van der Waals surface area contributed by atoms with Crippen molar-refractivity contribution in [3.63, 3.8) is 0 Å². The number of amides is 1. The summed E-state index contributed by atoms with van der Waals surface area (Å²) in [6, 6.07) is -0.855. The van der Waals surface area contributed by atoms with Gasteiger partial charge < -0.3 is 19.4 Å². The number of rotatable bonds is 60. The number of likely N-dealkylation sites (N-methyl/N-ethyl adjacent to an activating group) is 1. The minimum absolute atomic E-state index is 0.0369. The molecule has 0 bridgehead atoms. The average molecular weight is 1130 g/mol. The van der Waals surface area contributed by atoms with Gasteiger partial charge in [0.15, 0.2) is 0 Å². The Labute approximate surface area is 489 Å². The second kappa shape index (κ2) is 58.6. The lowest BCUT2D eigenvalue weighted by molar-refractivity contribution is -0.870. The van der Waals surface area contributed by atoms with Crippen molar-refractivity contribution in [2.45, 2.75) is 315 Å². The zero-order valence-corrected chi connectivity index (χ0v) is 53.5. The Morgan fingerprint density at radius 2 is 0.772 bits per heavy atom. The molecule has 0 fully saturated rings. The number of phosphoric acid groups is 1. The summed E-state index contributed by atoms with van der Waals surface area (Å²) in [5.41, 5.74) is 0. The summed E-state index contributed by atoms with van der Waals surface area (Å²) in [6.07, 6.45) is 76.1. The van der Waals surface area contributed by atoms with Crippen LogP contribution in [0.5, 0.6) is 0 Å². The first kappa shape index (κ1) is 76.5. The van der Waals surface area contributed by atoms with Gasteiger partial charge in [0.25, 0.3) is 0 Å². The maximum atomic E-state index is 13.6. The average Bonchev–Trinajstić information content (AvgIpc) is 3.41. The van der Waals surface area contributed by atoms with Crippen molar-refractivity contribution in [1.82, 2.24) is 5.32 Å². The molecular formula is C69H128N2O7P+. The monoisotopic (exact) mass is 1130 g/mol. The first-order valence-electron chi connectivity index (χ1n) is 33.3. The maximum absolute atomic E-state index is 13.6. The predicted molar refractivity (Wildman–Crippen MR) is 341 cm³/mol. The predicted octanol–water partition coefficient (Wildman–Crippen LogP) is 20.8. The second-order valence-corrected chi connectivity index (χ2v) is 25.1. The van der Waals surface area contributed by atoms with E-state index in [0.717, 1.165) is 103 Å². The Kier molecular flexibility index (Phi) is 56.7. The van der Waals surface area contributed by atoms with Gasteiger partial charge in [0.05, 0.1) is 33.8 Å². The molecular weight excluding hydrogens is 1000 g/mol. The molecule has 0 aliphatic carbocycles. The highest BCUT2D eigenvalue weighted by Crippen LogP contribution is 2.43. The van der Waals surface area contributed by atoms with Crippen molar-refractivity contribution < 1.29 is 37.3 Å². The van der Waals surface area contributed by atoms with E-state index in [-0.39, 0.29) is 31.5 Å². The number of carbonyl (C=O) groups excluding carboxylic acids is 2. The van der Waals surface area contributed by atoms with E-state index in [9.17, 15) is 19.0 Å². The van der Waals surface area contributed by atoms with Gasteiger partial charge in [-0.3, -0.25) is 18.6 Å². The van der Waals surface area contributed by atoms with Gasteiger partial charge in [-0.2, -0.15) is 0 Å². The first-order valence-corrected chi connectivity index (χ1v) is 34.8. The van der Waals surface area contributed by atoms with Crippen LogP contribution in [0.1, 0.15) is 303 Å². The zero-order valence-electron chi connectivity index (χ0n) is 52.6. The van der Waals surface area contributed by atoms with Gasteiger partial charge in [-0.05, 0) is 102 Å². The minimum Gasteiger partial charge on any atom is -0.456 e. The molecule has 0 aromatic rings.